The Kier molecular flexibility index (Phi) is 7.09. The molecule has 1 aromatic carbocycles. The number of methoxy groups -OCH3 is 2. The second-order valence-electron chi connectivity index (χ2n) is 8.85. The molecule has 11 heteroatoms. The average Bonchev–Trinajstić information content (AvgIpc) is 3.35. The van der Waals surface area contributed by atoms with E-state index >= 15 is 0 Å². The maximum Gasteiger partial charge on any atom is 0.257 e. The molecule has 37 heavy (non-hydrogen) atoms. The van der Waals surface area contributed by atoms with Gasteiger partial charge >= 0.3 is 0 Å². The summed E-state index contributed by atoms with van der Waals surface area (Å²) in [6.45, 7) is 1.64. The Hall–Kier alpha value is -3.92. The molecular weight excluding hydrogens is 499 g/mol. The van der Waals surface area contributed by atoms with E-state index in [1.165, 1.54) is 7.11 Å². The number of rotatable bonds is 7. The van der Waals surface area contributed by atoms with E-state index in [4.69, 9.17) is 21.1 Å². The normalized spacial score (nSPS) is 15.6. The molecule has 1 aliphatic rings. The van der Waals surface area contributed by atoms with Crippen molar-refractivity contribution in [3.8, 4) is 22.9 Å². The number of hydrogen-bond acceptors (Lipinski definition) is 7. The molecule has 2 N–H and O–H groups in total. The van der Waals surface area contributed by atoms with Crippen molar-refractivity contribution in [1.82, 2.24) is 24.8 Å². The molecule has 0 radical (unpaired) electrons. The van der Waals surface area contributed by atoms with Crippen LogP contribution in [0.25, 0.3) is 22.4 Å². The van der Waals surface area contributed by atoms with Gasteiger partial charge in [-0.25, -0.2) is 19.3 Å². The molecule has 1 amide bonds. The summed E-state index contributed by atoms with van der Waals surface area (Å²) in [6.07, 6.45) is 6.17. The summed E-state index contributed by atoms with van der Waals surface area (Å²) in [6, 6.07) is 6.92. The minimum absolute atomic E-state index is 0.105. The van der Waals surface area contributed by atoms with E-state index in [1.807, 2.05) is 4.90 Å². The molecule has 1 atom stereocenters. The first kappa shape index (κ1) is 24.8. The minimum Gasteiger partial charge on any atom is -0.497 e. The second-order valence-corrected chi connectivity index (χ2v) is 9.29. The number of halogens is 2. The van der Waals surface area contributed by atoms with Crippen LogP contribution in [0.1, 0.15) is 23.2 Å². The first-order valence-electron chi connectivity index (χ1n) is 11.9. The topological polar surface area (TPSA) is 105 Å². The summed E-state index contributed by atoms with van der Waals surface area (Å²) in [4.78, 5) is 30.9. The number of carbonyl (C=O) groups excluding carboxylic acids is 1. The number of ether oxygens (including phenoxy) is 2. The van der Waals surface area contributed by atoms with Gasteiger partial charge in [-0.3, -0.25) is 4.79 Å². The molecule has 1 fully saturated rings. The van der Waals surface area contributed by atoms with Gasteiger partial charge in [0.25, 0.3) is 5.91 Å². The molecule has 9 nitrogen and oxygen atoms in total. The number of nitrogens with one attached hydrogen (secondary N) is 2. The Morgan fingerprint density at radius 3 is 2.92 bits per heavy atom. The zero-order chi connectivity index (χ0) is 25.9. The van der Waals surface area contributed by atoms with Crippen LogP contribution in [0.2, 0.25) is 5.02 Å². The number of nitrogens with zero attached hydrogens (tertiary/aromatic N) is 4. The highest BCUT2D eigenvalue weighted by molar-refractivity contribution is 6.31. The zero-order valence-electron chi connectivity index (χ0n) is 20.4. The van der Waals surface area contributed by atoms with Gasteiger partial charge in [-0.2, -0.15) is 0 Å². The SMILES string of the molecule is COc1ccc(C(=O)N2CCC[C@@H](CNc3nc(-c4c[nH]c5ncc(Cl)cc45)ncc3F)C2)c(OC)c1. The molecule has 0 unspecified atom stereocenters. The number of pyridine rings is 1. The van der Waals surface area contributed by atoms with E-state index < -0.39 is 5.82 Å². The molecule has 1 saturated heterocycles. The summed E-state index contributed by atoms with van der Waals surface area (Å²) in [7, 11) is 3.09. The predicted molar refractivity (Wildman–Crippen MR) is 139 cm³/mol. The van der Waals surface area contributed by atoms with Crippen LogP contribution in [-0.4, -0.2) is 64.6 Å². The number of H-pyrrole nitrogens is 1. The molecule has 4 heterocycles. The van der Waals surface area contributed by atoms with Crippen molar-refractivity contribution in [3.63, 3.8) is 0 Å². The molecule has 0 spiro atoms. The fraction of sp³-hybridized carbons (Fsp3) is 0.308. The first-order chi connectivity index (χ1) is 18.0. The predicted octanol–water partition coefficient (Wildman–Crippen LogP) is 4.79. The van der Waals surface area contributed by atoms with Gasteiger partial charge < -0.3 is 24.7 Å². The van der Waals surface area contributed by atoms with Gasteiger partial charge in [-0.15, -0.1) is 0 Å². The van der Waals surface area contributed by atoms with Gasteiger partial charge in [-0.05, 0) is 37.0 Å². The maximum atomic E-state index is 14.6. The number of amides is 1. The number of likely N-dealkylation sites (tertiary alicyclic amines) is 1. The second kappa shape index (κ2) is 10.6. The third kappa shape index (κ3) is 5.15. The molecule has 5 rings (SSSR count). The highest BCUT2D eigenvalue weighted by Gasteiger charge is 2.27. The number of carbonyl (C=O) groups is 1. The summed E-state index contributed by atoms with van der Waals surface area (Å²) >= 11 is 6.10. The number of anilines is 1. The van der Waals surface area contributed by atoms with Gasteiger partial charge in [0.05, 0.1) is 31.0 Å². The molecule has 0 aliphatic carbocycles. The van der Waals surface area contributed by atoms with Crippen molar-refractivity contribution in [2.75, 3.05) is 39.2 Å². The summed E-state index contributed by atoms with van der Waals surface area (Å²) in [5.74, 6) is 1.01. The van der Waals surface area contributed by atoms with Gasteiger partial charge in [0.2, 0.25) is 0 Å². The minimum atomic E-state index is -0.550. The monoisotopic (exact) mass is 524 g/mol. The van der Waals surface area contributed by atoms with Gasteiger partial charge in [0, 0.05) is 49.0 Å². The Balaban J connectivity index is 1.29. The third-order valence-electron chi connectivity index (χ3n) is 6.49. The van der Waals surface area contributed by atoms with Gasteiger partial charge in [0.1, 0.15) is 17.1 Å². The van der Waals surface area contributed by atoms with Crippen LogP contribution in [0.3, 0.4) is 0 Å². The number of aromatic amines is 1. The molecule has 0 saturated carbocycles. The van der Waals surface area contributed by atoms with Crippen molar-refractivity contribution < 1.29 is 18.7 Å². The maximum absolute atomic E-state index is 14.6. The Morgan fingerprint density at radius 2 is 2.11 bits per heavy atom. The highest BCUT2D eigenvalue weighted by Crippen LogP contribution is 2.30. The summed E-state index contributed by atoms with van der Waals surface area (Å²) in [5.41, 5.74) is 1.80. The van der Waals surface area contributed by atoms with Gasteiger partial charge in [-0.1, -0.05) is 11.6 Å². The Morgan fingerprint density at radius 1 is 1.24 bits per heavy atom. The van der Waals surface area contributed by atoms with E-state index in [-0.39, 0.29) is 17.6 Å². The average molecular weight is 525 g/mol. The van der Waals surface area contributed by atoms with E-state index in [9.17, 15) is 9.18 Å². The Labute approximate surface area is 218 Å². The molecule has 4 aromatic rings. The van der Waals surface area contributed by atoms with Crippen molar-refractivity contribution >= 4 is 34.4 Å². The zero-order valence-corrected chi connectivity index (χ0v) is 21.2. The van der Waals surface area contributed by atoms with Gasteiger partial charge in [0.15, 0.2) is 17.5 Å². The van der Waals surface area contributed by atoms with Crippen molar-refractivity contribution in [1.29, 1.82) is 0 Å². The molecular formula is C26H26ClFN6O3. The lowest BCUT2D eigenvalue weighted by Crippen LogP contribution is -2.42. The van der Waals surface area contributed by atoms with Crippen LogP contribution in [0.15, 0.2) is 42.9 Å². The number of fused-ring (bicyclic) bond motifs is 1. The highest BCUT2D eigenvalue weighted by atomic mass is 35.5. The molecule has 1 aliphatic heterocycles. The van der Waals surface area contributed by atoms with E-state index in [0.717, 1.165) is 24.4 Å². The summed E-state index contributed by atoms with van der Waals surface area (Å²) < 4.78 is 25.2. The van der Waals surface area contributed by atoms with Crippen molar-refractivity contribution in [2.24, 2.45) is 5.92 Å². The number of hydrogen-bond donors (Lipinski definition) is 2. The van der Waals surface area contributed by atoms with E-state index in [2.05, 4.69) is 25.3 Å². The van der Waals surface area contributed by atoms with E-state index in [0.29, 0.717) is 58.8 Å². The van der Waals surface area contributed by atoms with Crippen LogP contribution in [0.4, 0.5) is 10.2 Å². The number of benzene rings is 1. The number of piperidine rings is 1. The molecule has 0 bridgehead atoms. The molecule has 192 valence electrons. The third-order valence-corrected chi connectivity index (χ3v) is 6.69. The van der Waals surface area contributed by atoms with Crippen LogP contribution in [0, 0.1) is 11.7 Å². The lowest BCUT2D eigenvalue weighted by Gasteiger charge is -2.33. The van der Waals surface area contributed by atoms with Crippen molar-refractivity contribution in [2.45, 2.75) is 12.8 Å². The fourth-order valence-electron chi connectivity index (χ4n) is 4.59. The van der Waals surface area contributed by atoms with Crippen LogP contribution >= 0.6 is 11.6 Å². The smallest absolute Gasteiger partial charge is 0.257 e. The quantitative estimate of drug-likeness (QED) is 0.358. The largest absolute Gasteiger partial charge is 0.497 e. The van der Waals surface area contributed by atoms with E-state index in [1.54, 1.807) is 43.8 Å². The lowest BCUT2D eigenvalue weighted by molar-refractivity contribution is 0.0676. The van der Waals surface area contributed by atoms with Crippen LogP contribution in [0.5, 0.6) is 11.5 Å². The van der Waals surface area contributed by atoms with Crippen LogP contribution in [-0.2, 0) is 0 Å². The number of aromatic nitrogens is 4. The summed E-state index contributed by atoms with van der Waals surface area (Å²) in [5, 5.41) is 4.36. The van der Waals surface area contributed by atoms with Crippen LogP contribution < -0.4 is 14.8 Å². The Bertz CT molecular complexity index is 1450. The fourth-order valence-corrected chi connectivity index (χ4v) is 4.74. The first-order valence-corrected chi connectivity index (χ1v) is 12.3. The van der Waals surface area contributed by atoms with Crippen molar-refractivity contribution in [3.05, 3.63) is 59.3 Å². The molecule has 3 aromatic heterocycles. The lowest BCUT2D eigenvalue weighted by atomic mass is 9.97. The standard InChI is InChI=1S/C26H26ClFN6O3/c1-36-17-5-6-18(22(9-17)37-2)26(35)34-7-3-4-15(14-34)10-29-25-21(28)13-32-24(33-25)20-12-31-23-19(20)8-16(27)11-30-23/h5-6,8-9,11-13,15H,3-4,7,10,14H2,1-2H3,(H,30,31)(H,29,32,33)/t15-/m0/s1.